The summed E-state index contributed by atoms with van der Waals surface area (Å²) in [6, 6.07) is 13.9. The molecule has 3 aromatic rings. The number of esters is 1. The molecule has 2 heterocycles. The van der Waals surface area contributed by atoms with E-state index in [0.717, 1.165) is 0 Å². The maximum Gasteiger partial charge on any atom is 0.310 e. The van der Waals surface area contributed by atoms with Gasteiger partial charge in [-0.25, -0.2) is 0 Å². The number of hydrogen-bond donors (Lipinski definition) is 1. The Morgan fingerprint density at radius 1 is 1.05 bits per heavy atom. The van der Waals surface area contributed by atoms with Gasteiger partial charge in [-0.05, 0) is 61.4 Å². The number of nitrogens with zero attached hydrogens (tertiary/aromatic N) is 2. The van der Waals surface area contributed by atoms with Crippen LogP contribution < -0.4 is 14.4 Å². The van der Waals surface area contributed by atoms with E-state index >= 15 is 0 Å². The van der Waals surface area contributed by atoms with E-state index in [0.29, 0.717) is 28.3 Å². The number of aliphatic hydroxyl groups is 1. The van der Waals surface area contributed by atoms with Gasteiger partial charge in [0.25, 0.3) is 11.7 Å². The van der Waals surface area contributed by atoms with Crippen molar-refractivity contribution in [3.8, 4) is 11.5 Å². The molecule has 1 N–H and O–H groups in total. The van der Waals surface area contributed by atoms with Crippen LogP contribution >= 0.6 is 0 Å². The number of ether oxygens (including phenoxy) is 3. The summed E-state index contributed by atoms with van der Waals surface area (Å²) in [4.78, 5) is 44.3. The van der Waals surface area contributed by atoms with E-state index in [2.05, 4.69) is 4.98 Å². The molecule has 0 spiro atoms. The molecule has 4 rings (SSSR count). The molecule has 1 aromatic heterocycles. The first kappa shape index (κ1) is 26.4. The van der Waals surface area contributed by atoms with Gasteiger partial charge in [0, 0.05) is 18.1 Å². The SMILES string of the molecule is COc1ccc(OC)c(/C(O)=C2\C(=O)C(=O)N(c3ccc(CC(=O)OC(C)C)cc3)C2c2cccnc2)c1. The molecular weight excluding hydrogens is 488 g/mol. The van der Waals surface area contributed by atoms with E-state index in [9.17, 15) is 19.5 Å². The van der Waals surface area contributed by atoms with Gasteiger partial charge in [-0.2, -0.15) is 0 Å². The van der Waals surface area contributed by atoms with Gasteiger partial charge in [0.1, 0.15) is 17.3 Å². The zero-order chi connectivity index (χ0) is 27.4. The third-order valence-electron chi connectivity index (χ3n) is 6.04. The molecule has 1 saturated heterocycles. The largest absolute Gasteiger partial charge is 0.507 e. The van der Waals surface area contributed by atoms with Crippen LogP contribution in [0.4, 0.5) is 5.69 Å². The predicted octanol–water partition coefficient (Wildman–Crippen LogP) is 4.22. The van der Waals surface area contributed by atoms with Crippen molar-refractivity contribution >= 4 is 29.1 Å². The first-order chi connectivity index (χ1) is 18.2. The number of aliphatic hydroxyl groups excluding tert-OH is 1. The number of benzene rings is 2. The van der Waals surface area contributed by atoms with Gasteiger partial charge < -0.3 is 19.3 Å². The van der Waals surface area contributed by atoms with Crippen molar-refractivity contribution in [2.24, 2.45) is 0 Å². The summed E-state index contributed by atoms with van der Waals surface area (Å²) >= 11 is 0. The molecule has 1 atom stereocenters. The molecular formula is C29H28N2O7. The summed E-state index contributed by atoms with van der Waals surface area (Å²) in [5.74, 6) is -1.69. The quantitative estimate of drug-likeness (QED) is 0.205. The highest BCUT2D eigenvalue weighted by Crippen LogP contribution is 2.43. The second-order valence-corrected chi connectivity index (χ2v) is 8.90. The Balaban J connectivity index is 1.81. The maximum atomic E-state index is 13.4. The molecule has 0 saturated carbocycles. The molecule has 1 amide bonds. The molecule has 9 heteroatoms. The van der Waals surface area contributed by atoms with Crippen molar-refractivity contribution in [3.63, 3.8) is 0 Å². The van der Waals surface area contributed by atoms with E-state index in [1.165, 1.54) is 31.4 Å². The Morgan fingerprint density at radius 3 is 2.39 bits per heavy atom. The minimum Gasteiger partial charge on any atom is -0.507 e. The number of hydrogen-bond acceptors (Lipinski definition) is 8. The third kappa shape index (κ3) is 5.22. The van der Waals surface area contributed by atoms with Crippen molar-refractivity contribution in [1.82, 2.24) is 4.98 Å². The van der Waals surface area contributed by atoms with Crippen molar-refractivity contribution in [1.29, 1.82) is 0 Å². The number of ketones is 1. The van der Waals surface area contributed by atoms with Gasteiger partial charge in [-0.1, -0.05) is 18.2 Å². The van der Waals surface area contributed by atoms with Crippen LogP contribution in [0.15, 0.2) is 72.6 Å². The first-order valence-electron chi connectivity index (χ1n) is 12.0. The summed E-state index contributed by atoms with van der Waals surface area (Å²) in [6.07, 6.45) is 2.96. The Labute approximate surface area is 220 Å². The Hall–Kier alpha value is -4.66. The zero-order valence-electron chi connectivity index (χ0n) is 21.5. The number of carbonyl (C=O) groups is 3. The van der Waals surface area contributed by atoms with E-state index in [1.54, 1.807) is 68.6 Å². The summed E-state index contributed by atoms with van der Waals surface area (Å²) < 4.78 is 15.9. The van der Waals surface area contributed by atoms with Gasteiger partial charge in [0.05, 0.1) is 43.9 Å². The normalized spacial score (nSPS) is 16.6. The zero-order valence-corrected chi connectivity index (χ0v) is 21.5. The van der Waals surface area contributed by atoms with Gasteiger partial charge >= 0.3 is 5.97 Å². The fourth-order valence-corrected chi connectivity index (χ4v) is 4.34. The standard InChI is InChI=1S/C29H28N2O7/c1-17(2)38-24(32)14-18-7-9-20(10-8-18)31-26(19-6-5-13-30-16-19)25(28(34)29(31)35)27(33)22-15-21(36-3)11-12-23(22)37-4/h5-13,15-17,26,33H,14H2,1-4H3/b27-25+. The van der Waals surface area contributed by atoms with Gasteiger partial charge in [0.2, 0.25) is 0 Å². The smallest absolute Gasteiger partial charge is 0.310 e. The van der Waals surface area contributed by atoms with Gasteiger partial charge in [-0.15, -0.1) is 0 Å². The van der Waals surface area contributed by atoms with E-state index in [-0.39, 0.29) is 29.6 Å². The lowest BCUT2D eigenvalue weighted by Gasteiger charge is -2.25. The van der Waals surface area contributed by atoms with Crippen molar-refractivity contribution in [2.75, 3.05) is 19.1 Å². The number of amides is 1. The highest BCUT2D eigenvalue weighted by atomic mass is 16.5. The number of methoxy groups -OCH3 is 2. The molecule has 1 aliphatic rings. The van der Waals surface area contributed by atoms with Crippen LogP contribution in [0.3, 0.4) is 0 Å². The van der Waals surface area contributed by atoms with Crippen LogP contribution in [-0.4, -0.2) is 48.1 Å². The average Bonchev–Trinajstić information content (AvgIpc) is 3.18. The van der Waals surface area contributed by atoms with Crippen molar-refractivity contribution < 1.29 is 33.7 Å². The lowest BCUT2D eigenvalue weighted by Crippen LogP contribution is -2.29. The summed E-state index contributed by atoms with van der Waals surface area (Å²) in [5, 5.41) is 11.4. The second-order valence-electron chi connectivity index (χ2n) is 8.90. The van der Waals surface area contributed by atoms with Crippen LogP contribution in [0.2, 0.25) is 0 Å². The number of Topliss-reactive ketones (excluding diaryl/α,β-unsaturated/α-hetero) is 1. The maximum absolute atomic E-state index is 13.4. The van der Waals surface area contributed by atoms with Crippen molar-refractivity contribution in [2.45, 2.75) is 32.4 Å². The van der Waals surface area contributed by atoms with Crippen LogP contribution in [0.1, 0.15) is 36.6 Å². The number of pyridine rings is 1. The summed E-state index contributed by atoms with van der Waals surface area (Å²) in [7, 11) is 2.92. The number of carbonyl (C=O) groups excluding carboxylic acids is 3. The summed E-state index contributed by atoms with van der Waals surface area (Å²) in [6.45, 7) is 3.55. The second kappa shape index (κ2) is 11.2. The van der Waals surface area contributed by atoms with E-state index < -0.39 is 23.5 Å². The topological polar surface area (TPSA) is 115 Å². The molecule has 9 nitrogen and oxygen atoms in total. The number of rotatable bonds is 8. The molecule has 0 aliphatic carbocycles. The molecule has 0 radical (unpaired) electrons. The molecule has 1 aliphatic heterocycles. The van der Waals surface area contributed by atoms with E-state index in [4.69, 9.17) is 14.2 Å². The van der Waals surface area contributed by atoms with Crippen LogP contribution in [-0.2, 0) is 25.5 Å². The number of anilines is 1. The Bertz CT molecular complexity index is 1380. The molecule has 1 fully saturated rings. The molecule has 2 aromatic carbocycles. The minimum atomic E-state index is -0.962. The summed E-state index contributed by atoms with van der Waals surface area (Å²) in [5.41, 5.74) is 1.73. The predicted molar refractivity (Wildman–Crippen MR) is 140 cm³/mol. The van der Waals surface area contributed by atoms with Gasteiger partial charge in [0.15, 0.2) is 0 Å². The fourth-order valence-electron chi connectivity index (χ4n) is 4.34. The third-order valence-corrected chi connectivity index (χ3v) is 6.04. The first-order valence-corrected chi connectivity index (χ1v) is 12.0. The number of aromatic nitrogens is 1. The molecule has 196 valence electrons. The Morgan fingerprint density at radius 2 is 1.79 bits per heavy atom. The van der Waals surface area contributed by atoms with Crippen LogP contribution in [0.25, 0.3) is 5.76 Å². The Kier molecular flexibility index (Phi) is 7.76. The lowest BCUT2D eigenvalue weighted by molar-refractivity contribution is -0.146. The molecule has 1 unspecified atom stereocenters. The van der Waals surface area contributed by atoms with Crippen LogP contribution in [0.5, 0.6) is 11.5 Å². The fraction of sp³-hybridized carbons (Fsp3) is 0.241. The monoisotopic (exact) mass is 516 g/mol. The lowest BCUT2D eigenvalue weighted by atomic mass is 9.95. The van der Waals surface area contributed by atoms with Crippen molar-refractivity contribution in [3.05, 3.63) is 89.3 Å². The van der Waals surface area contributed by atoms with Gasteiger partial charge in [-0.3, -0.25) is 24.3 Å². The highest BCUT2D eigenvalue weighted by Gasteiger charge is 2.47. The minimum absolute atomic E-state index is 0.0684. The highest BCUT2D eigenvalue weighted by molar-refractivity contribution is 6.51. The van der Waals surface area contributed by atoms with Crippen LogP contribution in [0, 0.1) is 0 Å². The molecule has 38 heavy (non-hydrogen) atoms. The molecule has 0 bridgehead atoms. The average molecular weight is 517 g/mol. The van der Waals surface area contributed by atoms with E-state index in [1.807, 2.05) is 0 Å².